The number of nitrogens with one attached hydrogen (secondary N) is 2. The Morgan fingerprint density at radius 3 is 2.37 bits per heavy atom. The van der Waals surface area contributed by atoms with Crippen molar-refractivity contribution in [2.45, 2.75) is 25.9 Å². The Labute approximate surface area is 173 Å². The second-order valence-corrected chi connectivity index (χ2v) is 7.21. The lowest BCUT2D eigenvalue weighted by molar-refractivity contribution is -0.127. The van der Waals surface area contributed by atoms with Crippen molar-refractivity contribution in [2.75, 3.05) is 0 Å². The summed E-state index contributed by atoms with van der Waals surface area (Å²) >= 11 is 0. The number of hydrogen-bond acceptors (Lipinski definition) is 4. The van der Waals surface area contributed by atoms with Gasteiger partial charge in [-0.3, -0.25) is 25.2 Å². The SMILES string of the molecule is Cc1ccc(C(=O)NNC(=O)[C@H]2Cc3ccccc3CN2C(=O)c2ccco2)cc1. The van der Waals surface area contributed by atoms with E-state index in [0.717, 1.165) is 16.7 Å². The molecule has 0 saturated heterocycles. The van der Waals surface area contributed by atoms with Crippen LogP contribution in [0.4, 0.5) is 0 Å². The van der Waals surface area contributed by atoms with E-state index in [0.29, 0.717) is 12.0 Å². The summed E-state index contributed by atoms with van der Waals surface area (Å²) in [6, 6.07) is 17.1. The summed E-state index contributed by atoms with van der Waals surface area (Å²) < 4.78 is 5.24. The largest absolute Gasteiger partial charge is 0.459 e. The van der Waals surface area contributed by atoms with E-state index >= 15 is 0 Å². The van der Waals surface area contributed by atoms with E-state index in [1.807, 2.05) is 43.3 Å². The fourth-order valence-corrected chi connectivity index (χ4v) is 3.49. The Morgan fingerprint density at radius 1 is 0.933 bits per heavy atom. The molecule has 0 aliphatic carbocycles. The highest BCUT2D eigenvalue weighted by Crippen LogP contribution is 2.25. The van der Waals surface area contributed by atoms with Crippen molar-refractivity contribution in [3.8, 4) is 0 Å². The minimum Gasteiger partial charge on any atom is -0.459 e. The first-order chi connectivity index (χ1) is 14.5. The molecule has 1 aliphatic rings. The van der Waals surface area contributed by atoms with Gasteiger partial charge in [-0.1, -0.05) is 42.0 Å². The second kappa shape index (κ2) is 8.24. The Kier molecular flexibility index (Phi) is 5.34. The van der Waals surface area contributed by atoms with Gasteiger partial charge in [0.15, 0.2) is 5.76 Å². The van der Waals surface area contributed by atoms with Gasteiger partial charge in [0.05, 0.1) is 6.26 Å². The van der Waals surface area contributed by atoms with Crippen LogP contribution in [0.5, 0.6) is 0 Å². The minimum atomic E-state index is -0.782. The molecule has 3 aromatic rings. The van der Waals surface area contributed by atoms with Gasteiger partial charge in [0.25, 0.3) is 17.7 Å². The summed E-state index contributed by atoms with van der Waals surface area (Å²) in [5.41, 5.74) is 8.33. The molecular formula is C23H21N3O4. The van der Waals surface area contributed by atoms with Crippen molar-refractivity contribution in [3.63, 3.8) is 0 Å². The van der Waals surface area contributed by atoms with Crippen molar-refractivity contribution in [2.24, 2.45) is 0 Å². The van der Waals surface area contributed by atoms with E-state index in [1.165, 1.54) is 11.2 Å². The first kappa shape index (κ1) is 19.4. The predicted molar refractivity (Wildman–Crippen MR) is 109 cm³/mol. The number of fused-ring (bicyclic) bond motifs is 1. The molecule has 0 unspecified atom stereocenters. The molecule has 0 spiro atoms. The Balaban J connectivity index is 1.51. The van der Waals surface area contributed by atoms with E-state index in [4.69, 9.17) is 4.42 Å². The monoisotopic (exact) mass is 403 g/mol. The van der Waals surface area contributed by atoms with Crippen LogP contribution in [0.25, 0.3) is 0 Å². The number of benzene rings is 2. The zero-order valence-corrected chi connectivity index (χ0v) is 16.4. The van der Waals surface area contributed by atoms with Gasteiger partial charge in [-0.2, -0.15) is 0 Å². The molecule has 152 valence electrons. The number of carbonyl (C=O) groups is 3. The highest BCUT2D eigenvalue weighted by Gasteiger charge is 2.36. The Morgan fingerprint density at radius 2 is 1.67 bits per heavy atom. The maximum absolute atomic E-state index is 12.9. The molecule has 7 heteroatoms. The molecule has 0 bridgehead atoms. The molecule has 30 heavy (non-hydrogen) atoms. The third kappa shape index (κ3) is 3.96. The van der Waals surface area contributed by atoms with Crippen LogP contribution in [0.2, 0.25) is 0 Å². The van der Waals surface area contributed by atoms with Gasteiger partial charge in [-0.25, -0.2) is 0 Å². The fraction of sp³-hybridized carbons (Fsp3) is 0.174. The van der Waals surface area contributed by atoms with E-state index in [1.54, 1.807) is 24.3 Å². The molecule has 0 radical (unpaired) electrons. The van der Waals surface area contributed by atoms with E-state index in [2.05, 4.69) is 10.9 Å². The molecule has 1 aliphatic heterocycles. The molecule has 1 atom stereocenters. The van der Waals surface area contributed by atoms with Gasteiger partial charge in [0, 0.05) is 18.5 Å². The third-order valence-corrected chi connectivity index (χ3v) is 5.16. The van der Waals surface area contributed by atoms with Crippen molar-refractivity contribution >= 4 is 17.7 Å². The first-order valence-corrected chi connectivity index (χ1v) is 9.61. The molecule has 3 amide bonds. The van der Waals surface area contributed by atoms with E-state index in [9.17, 15) is 14.4 Å². The molecule has 7 nitrogen and oxygen atoms in total. The van der Waals surface area contributed by atoms with Gasteiger partial charge in [0.2, 0.25) is 0 Å². The van der Waals surface area contributed by atoms with Gasteiger partial charge in [-0.05, 0) is 42.3 Å². The summed E-state index contributed by atoms with van der Waals surface area (Å²) in [6.45, 7) is 2.20. The summed E-state index contributed by atoms with van der Waals surface area (Å²) in [7, 11) is 0. The fourth-order valence-electron chi connectivity index (χ4n) is 3.49. The number of furan rings is 1. The van der Waals surface area contributed by atoms with Crippen LogP contribution in [0.15, 0.2) is 71.3 Å². The number of amides is 3. The number of hydrazine groups is 1. The average molecular weight is 403 g/mol. The predicted octanol–water partition coefficient (Wildman–Crippen LogP) is 2.62. The summed E-state index contributed by atoms with van der Waals surface area (Å²) in [5.74, 6) is -1.11. The Hall–Kier alpha value is -3.87. The quantitative estimate of drug-likeness (QED) is 0.658. The topological polar surface area (TPSA) is 91.7 Å². The van der Waals surface area contributed by atoms with Crippen molar-refractivity contribution in [1.82, 2.24) is 15.8 Å². The zero-order chi connectivity index (χ0) is 21.1. The molecule has 0 fully saturated rings. The van der Waals surface area contributed by atoms with Crippen LogP contribution >= 0.6 is 0 Å². The highest BCUT2D eigenvalue weighted by atomic mass is 16.3. The molecular weight excluding hydrogens is 382 g/mol. The Bertz CT molecular complexity index is 1070. The highest BCUT2D eigenvalue weighted by molar-refractivity contribution is 5.98. The number of carbonyl (C=O) groups excluding carboxylic acids is 3. The molecule has 0 saturated carbocycles. The van der Waals surface area contributed by atoms with E-state index in [-0.39, 0.29) is 18.2 Å². The maximum atomic E-state index is 12.9. The average Bonchev–Trinajstić information content (AvgIpc) is 3.31. The van der Waals surface area contributed by atoms with Crippen molar-refractivity contribution in [3.05, 3.63) is 94.9 Å². The number of nitrogens with zero attached hydrogens (tertiary/aromatic N) is 1. The van der Waals surface area contributed by atoms with Crippen LogP contribution in [0, 0.1) is 6.92 Å². The lowest BCUT2D eigenvalue weighted by atomic mass is 9.93. The van der Waals surface area contributed by atoms with Crippen LogP contribution < -0.4 is 10.9 Å². The lowest BCUT2D eigenvalue weighted by Gasteiger charge is -2.35. The van der Waals surface area contributed by atoms with Crippen LogP contribution in [-0.2, 0) is 17.8 Å². The smallest absolute Gasteiger partial charge is 0.290 e. The zero-order valence-electron chi connectivity index (χ0n) is 16.4. The lowest BCUT2D eigenvalue weighted by Crippen LogP contribution is -2.56. The normalized spacial score (nSPS) is 15.2. The van der Waals surface area contributed by atoms with Gasteiger partial charge in [-0.15, -0.1) is 0 Å². The number of rotatable bonds is 3. The summed E-state index contributed by atoms with van der Waals surface area (Å²) in [4.78, 5) is 39.7. The van der Waals surface area contributed by atoms with E-state index < -0.39 is 17.9 Å². The molecule has 4 rings (SSSR count). The molecule has 2 heterocycles. The number of hydrogen-bond donors (Lipinski definition) is 2. The third-order valence-electron chi connectivity index (χ3n) is 5.16. The van der Waals surface area contributed by atoms with Crippen LogP contribution in [0.1, 0.15) is 37.6 Å². The summed E-state index contributed by atoms with van der Waals surface area (Å²) in [6.07, 6.45) is 1.76. The van der Waals surface area contributed by atoms with Gasteiger partial charge < -0.3 is 9.32 Å². The summed E-state index contributed by atoms with van der Waals surface area (Å²) in [5, 5.41) is 0. The molecule has 2 N–H and O–H groups in total. The van der Waals surface area contributed by atoms with Crippen molar-refractivity contribution in [1.29, 1.82) is 0 Å². The molecule has 2 aromatic carbocycles. The van der Waals surface area contributed by atoms with Crippen molar-refractivity contribution < 1.29 is 18.8 Å². The van der Waals surface area contributed by atoms with Gasteiger partial charge in [0.1, 0.15) is 6.04 Å². The maximum Gasteiger partial charge on any atom is 0.290 e. The van der Waals surface area contributed by atoms with Gasteiger partial charge >= 0.3 is 0 Å². The first-order valence-electron chi connectivity index (χ1n) is 9.61. The standard InChI is InChI=1S/C23H21N3O4/c1-15-8-10-16(11-9-15)21(27)24-25-22(28)19-13-17-5-2-3-6-18(17)14-26(19)23(29)20-7-4-12-30-20/h2-12,19H,13-14H2,1H3,(H,24,27)(H,25,28)/t19-/m1/s1. The second-order valence-electron chi connectivity index (χ2n) is 7.21. The minimum absolute atomic E-state index is 0.163. The van der Waals surface area contributed by atoms with Crippen LogP contribution in [-0.4, -0.2) is 28.7 Å². The molecule has 1 aromatic heterocycles. The number of aryl methyl sites for hydroxylation is 1. The van der Waals surface area contributed by atoms with Crippen LogP contribution in [0.3, 0.4) is 0 Å².